The Kier molecular flexibility index (Phi) is 4.97. The first-order valence-electron chi connectivity index (χ1n) is 6.73. The number of nitrogens with zero attached hydrogens (tertiary/aromatic N) is 1. The van der Waals surface area contributed by atoms with Crippen molar-refractivity contribution in [3.05, 3.63) is 57.8 Å². The molecule has 1 aromatic heterocycles. The van der Waals surface area contributed by atoms with E-state index in [9.17, 15) is 0 Å². The maximum atomic E-state index is 2.53. The van der Waals surface area contributed by atoms with E-state index in [1.54, 1.807) is 4.88 Å². The molecule has 0 aliphatic carbocycles. The quantitative estimate of drug-likeness (QED) is 0.776. The van der Waals surface area contributed by atoms with Crippen molar-refractivity contribution in [1.29, 1.82) is 0 Å². The molecule has 2 heterocycles. The molecule has 0 fully saturated rings. The molecule has 0 bridgehead atoms. The molecular weight excluding hydrogens is 238 g/mol. The van der Waals surface area contributed by atoms with E-state index in [0.717, 1.165) is 13.1 Å². The lowest BCUT2D eigenvalue weighted by atomic mass is 10.1. The molecule has 0 saturated carbocycles. The molecule has 1 nitrogen and oxygen atoms in total. The van der Waals surface area contributed by atoms with Crippen LogP contribution in [0.4, 0.5) is 0 Å². The van der Waals surface area contributed by atoms with Gasteiger partial charge in [0.15, 0.2) is 0 Å². The van der Waals surface area contributed by atoms with Gasteiger partial charge in [-0.3, -0.25) is 4.90 Å². The number of hydrogen-bond donors (Lipinski definition) is 0. The summed E-state index contributed by atoms with van der Waals surface area (Å²) in [5.74, 6) is 0. The number of hydrogen-bond acceptors (Lipinski definition) is 2. The lowest BCUT2D eigenvalue weighted by molar-refractivity contribution is 0.247. The largest absolute Gasteiger partial charge is 0.294 e. The smallest absolute Gasteiger partial charge is 0.0248 e. The first-order chi connectivity index (χ1) is 8.92. The zero-order chi connectivity index (χ0) is 12.8. The van der Waals surface area contributed by atoms with E-state index in [0.29, 0.717) is 0 Å². The number of benzene rings is 1. The van der Waals surface area contributed by atoms with Crippen molar-refractivity contribution < 1.29 is 0 Å². The normalized spacial score (nSPS) is 14.6. The summed E-state index contributed by atoms with van der Waals surface area (Å²) in [6.45, 7) is 7.40. The van der Waals surface area contributed by atoms with Crippen molar-refractivity contribution in [3.8, 4) is 0 Å². The van der Waals surface area contributed by atoms with Gasteiger partial charge in [0.1, 0.15) is 0 Å². The van der Waals surface area contributed by atoms with Crippen LogP contribution in [0, 0.1) is 0 Å². The van der Waals surface area contributed by atoms with Gasteiger partial charge in [-0.05, 0) is 29.0 Å². The summed E-state index contributed by atoms with van der Waals surface area (Å²) in [6.07, 6.45) is 1.22. The monoisotopic (exact) mass is 259 g/mol. The van der Waals surface area contributed by atoms with Gasteiger partial charge in [-0.15, -0.1) is 11.3 Å². The summed E-state index contributed by atoms with van der Waals surface area (Å²) >= 11 is 1.91. The molecule has 2 aromatic rings. The molecule has 0 spiro atoms. The van der Waals surface area contributed by atoms with Gasteiger partial charge in [-0.25, -0.2) is 0 Å². The molecule has 0 radical (unpaired) electrons. The van der Waals surface area contributed by atoms with Crippen molar-refractivity contribution in [3.63, 3.8) is 0 Å². The summed E-state index contributed by atoms with van der Waals surface area (Å²) in [4.78, 5) is 4.12. The van der Waals surface area contributed by atoms with Crippen LogP contribution in [0.2, 0.25) is 0 Å². The minimum absolute atomic E-state index is 1.08. The van der Waals surface area contributed by atoms with E-state index >= 15 is 0 Å². The van der Waals surface area contributed by atoms with E-state index in [1.165, 1.54) is 24.1 Å². The Bertz CT molecular complexity index is 461. The van der Waals surface area contributed by atoms with Crippen LogP contribution in [0.25, 0.3) is 0 Å². The first-order valence-corrected chi connectivity index (χ1v) is 7.61. The van der Waals surface area contributed by atoms with Crippen LogP contribution in [-0.4, -0.2) is 11.4 Å². The Morgan fingerprint density at radius 2 is 1.89 bits per heavy atom. The van der Waals surface area contributed by atoms with Gasteiger partial charge in [0.05, 0.1) is 0 Å². The Balaban J connectivity index is 0.000000574. The molecule has 2 heteroatoms. The Hall–Kier alpha value is -1.12. The minimum Gasteiger partial charge on any atom is -0.294 e. The molecule has 96 valence electrons. The van der Waals surface area contributed by atoms with Crippen molar-refractivity contribution >= 4 is 11.3 Å². The van der Waals surface area contributed by atoms with Crippen LogP contribution in [0.5, 0.6) is 0 Å². The van der Waals surface area contributed by atoms with Crippen molar-refractivity contribution in [2.45, 2.75) is 33.4 Å². The van der Waals surface area contributed by atoms with E-state index in [2.05, 4.69) is 46.7 Å². The van der Waals surface area contributed by atoms with Crippen LogP contribution in [0.1, 0.15) is 29.9 Å². The molecule has 0 unspecified atom stereocenters. The second kappa shape index (κ2) is 6.72. The van der Waals surface area contributed by atoms with Crippen molar-refractivity contribution in [2.24, 2.45) is 0 Å². The predicted octanol–water partition coefficient (Wildman–Crippen LogP) is 4.33. The number of rotatable bonds is 2. The zero-order valence-corrected chi connectivity index (χ0v) is 12.0. The van der Waals surface area contributed by atoms with E-state index in [1.807, 2.05) is 25.2 Å². The van der Waals surface area contributed by atoms with Crippen LogP contribution < -0.4 is 0 Å². The van der Waals surface area contributed by atoms with Gasteiger partial charge < -0.3 is 0 Å². The fourth-order valence-electron chi connectivity index (χ4n) is 2.28. The second-order valence-corrected chi connectivity index (χ2v) is 5.32. The standard InChI is InChI=1S/C14H15NS.C2H6/c1-2-4-12(5-3-1)10-15-8-6-14-13(11-15)7-9-16-14;1-2/h1-5,7,9H,6,8,10-11H2;1-2H3. The lowest BCUT2D eigenvalue weighted by Gasteiger charge is -2.26. The molecule has 0 N–H and O–H groups in total. The molecule has 1 aliphatic heterocycles. The molecule has 18 heavy (non-hydrogen) atoms. The Morgan fingerprint density at radius 3 is 2.67 bits per heavy atom. The van der Waals surface area contributed by atoms with Gasteiger partial charge >= 0.3 is 0 Å². The second-order valence-electron chi connectivity index (χ2n) is 4.32. The molecular formula is C16H21NS. The molecule has 3 rings (SSSR count). The van der Waals surface area contributed by atoms with Crippen LogP contribution in [0.3, 0.4) is 0 Å². The highest BCUT2D eigenvalue weighted by molar-refractivity contribution is 7.10. The maximum absolute atomic E-state index is 2.53. The van der Waals surface area contributed by atoms with Crippen LogP contribution in [-0.2, 0) is 19.5 Å². The Morgan fingerprint density at radius 1 is 1.11 bits per heavy atom. The summed E-state index contributed by atoms with van der Waals surface area (Å²) in [7, 11) is 0. The molecule has 0 saturated heterocycles. The highest BCUT2D eigenvalue weighted by Gasteiger charge is 2.16. The van der Waals surface area contributed by atoms with E-state index in [-0.39, 0.29) is 0 Å². The third-order valence-corrected chi connectivity index (χ3v) is 4.16. The van der Waals surface area contributed by atoms with Crippen molar-refractivity contribution in [2.75, 3.05) is 6.54 Å². The van der Waals surface area contributed by atoms with Crippen LogP contribution >= 0.6 is 11.3 Å². The molecule has 1 aliphatic rings. The number of thiophene rings is 1. The molecule has 0 amide bonds. The average Bonchev–Trinajstić information content (AvgIpc) is 2.90. The molecule has 1 aromatic carbocycles. The third kappa shape index (κ3) is 3.21. The SMILES string of the molecule is CC.c1ccc(CN2CCc3sccc3C2)cc1. The molecule has 0 atom stereocenters. The van der Waals surface area contributed by atoms with E-state index in [4.69, 9.17) is 0 Å². The summed E-state index contributed by atoms with van der Waals surface area (Å²) in [5, 5.41) is 2.22. The van der Waals surface area contributed by atoms with Crippen LogP contribution in [0.15, 0.2) is 41.8 Å². The topological polar surface area (TPSA) is 3.24 Å². The first kappa shape index (κ1) is 13.3. The zero-order valence-electron chi connectivity index (χ0n) is 11.2. The van der Waals surface area contributed by atoms with Crippen molar-refractivity contribution in [1.82, 2.24) is 4.90 Å². The Labute approximate surface area is 114 Å². The van der Waals surface area contributed by atoms with Gasteiger partial charge in [-0.2, -0.15) is 0 Å². The average molecular weight is 259 g/mol. The fraction of sp³-hybridized carbons (Fsp3) is 0.375. The van der Waals surface area contributed by atoms with Gasteiger partial charge in [-0.1, -0.05) is 44.2 Å². The highest BCUT2D eigenvalue weighted by Crippen LogP contribution is 2.24. The van der Waals surface area contributed by atoms with Gasteiger partial charge in [0.2, 0.25) is 0 Å². The lowest BCUT2D eigenvalue weighted by Crippen LogP contribution is -2.29. The van der Waals surface area contributed by atoms with Gasteiger partial charge in [0, 0.05) is 24.5 Å². The summed E-state index contributed by atoms with van der Waals surface area (Å²) in [6, 6.07) is 13.0. The fourth-order valence-corrected chi connectivity index (χ4v) is 3.17. The third-order valence-electron chi connectivity index (χ3n) is 3.14. The number of fused-ring (bicyclic) bond motifs is 1. The summed E-state index contributed by atoms with van der Waals surface area (Å²) < 4.78 is 0. The highest BCUT2D eigenvalue weighted by atomic mass is 32.1. The predicted molar refractivity (Wildman–Crippen MR) is 79.9 cm³/mol. The van der Waals surface area contributed by atoms with E-state index < -0.39 is 0 Å². The minimum atomic E-state index is 1.08. The summed E-state index contributed by atoms with van der Waals surface area (Å²) in [5.41, 5.74) is 2.95. The van der Waals surface area contributed by atoms with Gasteiger partial charge in [0.25, 0.3) is 0 Å². The maximum Gasteiger partial charge on any atom is 0.0248 e.